The Hall–Kier alpha value is -1.83. The number of esters is 1. The molecular weight excluding hydrogens is 280 g/mol. The molecule has 0 aliphatic carbocycles. The Balaban J connectivity index is 2.16. The number of ether oxygens (including phenoxy) is 1. The normalized spacial score (nSPS) is 29.3. The monoisotopic (exact) mass is 300 g/mol. The maximum absolute atomic E-state index is 12.6. The van der Waals surface area contributed by atoms with Gasteiger partial charge in [-0.25, -0.2) is 14.4 Å². The van der Waals surface area contributed by atoms with Crippen molar-refractivity contribution in [2.45, 2.75) is 43.9 Å². The predicted molar refractivity (Wildman–Crippen MR) is 70.5 cm³/mol. The highest BCUT2D eigenvalue weighted by Gasteiger charge is 2.43. The Morgan fingerprint density at radius 1 is 1.14 bits per heavy atom. The van der Waals surface area contributed by atoms with Gasteiger partial charge in [-0.05, 0) is 19.3 Å². The maximum atomic E-state index is 12.6. The molecule has 0 aromatic heterocycles. The minimum atomic E-state index is -1.15. The highest BCUT2D eigenvalue weighted by atomic mass is 16.5. The molecule has 2 fully saturated rings. The van der Waals surface area contributed by atoms with E-state index in [1.807, 2.05) is 0 Å². The van der Waals surface area contributed by atoms with E-state index in [2.05, 4.69) is 0 Å². The van der Waals surface area contributed by atoms with Crippen LogP contribution >= 0.6 is 0 Å². The maximum Gasteiger partial charge on any atom is 0.328 e. The molecule has 2 N–H and O–H groups in total. The van der Waals surface area contributed by atoms with Gasteiger partial charge in [0, 0.05) is 19.5 Å². The van der Waals surface area contributed by atoms with Gasteiger partial charge in [-0.15, -0.1) is 0 Å². The van der Waals surface area contributed by atoms with Crippen LogP contribution in [0.5, 0.6) is 0 Å². The first-order valence-corrected chi connectivity index (χ1v) is 7.01. The lowest BCUT2D eigenvalue weighted by atomic mass is 10.0. The second-order valence-corrected chi connectivity index (χ2v) is 5.41. The third-order valence-corrected chi connectivity index (χ3v) is 4.03. The highest BCUT2D eigenvalue weighted by Crippen LogP contribution is 2.25. The lowest BCUT2D eigenvalue weighted by Gasteiger charge is -2.37. The Morgan fingerprint density at radius 3 is 2.48 bits per heavy atom. The van der Waals surface area contributed by atoms with E-state index in [0.717, 1.165) is 17.7 Å². The van der Waals surface area contributed by atoms with Gasteiger partial charge < -0.3 is 24.7 Å². The van der Waals surface area contributed by atoms with E-state index < -0.39 is 36.2 Å². The SMILES string of the molecule is COC(=O)C1CCCCN1C(=O)N1C[C@H](O)C[C@@H]1C(=O)O. The van der Waals surface area contributed by atoms with Crippen molar-refractivity contribution in [1.82, 2.24) is 9.80 Å². The van der Waals surface area contributed by atoms with Crippen molar-refractivity contribution in [2.24, 2.45) is 0 Å². The first-order valence-electron chi connectivity index (χ1n) is 7.01. The molecule has 2 saturated heterocycles. The molecule has 8 heteroatoms. The second kappa shape index (κ2) is 6.30. The van der Waals surface area contributed by atoms with Crippen molar-refractivity contribution in [3.05, 3.63) is 0 Å². The molecule has 1 unspecified atom stereocenters. The average Bonchev–Trinajstić information content (AvgIpc) is 2.88. The lowest BCUT2D eigenvalue weighted by molar-refractivity contribution is -0.147. The van der Waals surface area contributed by atoms with Crippen LogP contribution in [-0.4, -0.2) is 76.4 Å². The van der Waals surface area contributed by atoms with Gasteiger partial charge in [-0.3, -0.25) is 0 Å². The van der Waals surface area contributed by atoms with E-state index in [4.69, 9.17) is 9.84 Å². The van der Waals surface area contributed by atoms with Crippen LogP contribution < -0.4 is 0 Å². The number of carbonyl (C=O) groups is 3. The van der Waals surface area contributed by atoms with Crippen LogP contribution in [0.3, 0.4) is 0 Å². The zero-order chi connectivity index (χ0) is 15.6. The van der Waals surface area contributed by atoms with Crippen LogP contribution in [-0.2, 0) is 14.3 Å². The van der Waals surface area contributed by atoms with Gasteiger partial charge in [-0.2, -0.15) is 0 Å². The Morgan fingerprint density at radius 2 is 1.86 bits per heavy atom. The summed E-state index contributed by atoms with van der Waals surface area (Å²) in [5.74, 6) is -1.64. The summed E-state index contributed by atoms with van der Waals surface area (Å²) >= 11 is 0. The smallest absolute Gasteiger partial charge is 0.328 e. The van der Waals surface area contributed by atoms with E-state index in [9.17, 15) is 19.5 Å². The summed E-state index contributed by atoms with van der Waals surface area (Å²) in [5, 5.41) is 18.8. The number of likely N-dealkylation sites (tertiary alicyclic amines) is 2. The minimum Gasteiger partial charge on any atom is -0.480 e. The van der Waals surface area contributed by atoms with Crippen molar-refractivity contribution in [2.75, 3.05) is 20.2 Å². The molecule has 2 rings (SSSR count). The number of hydrogen-bond acceptors (Lipinski definition) is 5. The molecule has 0 aromatic rings. The topological polar surface area (TPSA) is 107 Å². The molecule has 0 aromatic carbocycles. The number of aliphatic hydroxyl groups excluding tert-OH is 1. The highest BCUT2D eigenvalue weighted by molar-refractivity contribution is 5.87. The molecule has 3 atom stereocenters. The van der Waals surface area contributed by atoms with E-state index in [1.165, 1.54) is 12.0 Å². The number of aliphatic hydroxyl groups is 1. The molecule has 2 heterocycles. The zero-order valence-electron chi connectivity index (χ0n) is 11.9. The van der Waals surface area contributed by atoms with Gasteiger partial charge in [0.15, 0.2) is 0 Å². The number of carbonyl (C=O) groups excluding carboxylic acids is 2. The van der Waals surface area contributed by atoms with Crippen LogP contribution in [0.15, 0.2) is 0 Å². The van der Waals surface area contributed by atoms with Crippen LogP contribution in [0.2, 0.25) is 0 Å². The number of carboxylic acid groups (broad SMARTS) is 1. The molecule has 2 amide bonds. The Bertz CT molecular complexity index is 440. The fraction of sp³-hybridized carbons (Fsp3) is 0.769. The fourth-order valence-electron chi connectivity index (χ4n) is 2.97. The number of amides is 2. The summed E-state index contributed by atoms with van der Waals surface area (Å²) in [6, 6.07) is -2.25. The van der Waals surface area contributed by atoms with Crippen LogP contribution in [0, 0.1) is 0 Å². The summed E-state index contributed by atoms with van der Waals surface area (Å²) in [7, 11) is 1.26. The third kappa shape index (κ3) is 3.10. The van der Waals surface area contributed by atoms with Crippen molar-refractivity contribution >= 4 is 18.0 Å². The van der Waals surface area contributed by atoms with Gasteiger partial charge in [0.1, 0.15) is 12.1 Å². The van der Waals surface area contributed by atoms with E-state index in [-0.39, 0.29) is 13.0 Å². The number of rotatable bonds is 2. The number of nitrogens with zero attached hydrogens (tertiary/aromatic N) is 2. The molecule has 118 valence electrons. The fourth-order valence-corrected chi connectivity index (χ4v) is 2.97. The van der Waals surface area contributed by atoms with E-state index in [0.29, 0.717) is 13.0 Å². The van der Waals surface area contributed by atoms with E-state index in [1.54, 1.807) is 0 Å². The van der Waals surface area contributed by atoms with Crippen molar-refractivity contribution in [1.29, 1.82) is 0 Å². The van der Waals surface area contributed by atoms with Gasteiger partial charge in [0.05, 0.1) is 13.2 Å². The average molecular weight is 300 g/mol. The summed E-state index contributed by atoms with van der Waals surface area (Å²) in [4.78, 5) is 38.0. The second-order valence-electron chi connectivity index (χ2n) is 5.41. The lowest BCUT2D eigenvalue weighted by Crippen LogP contribution is -2.55. The number of hydrogen-bond donors (Lipinski definition) is 2. The number of β-amino-alcohol motifs (C(OH)–C–C–N with tert-alkyl or cyclic N) is 1. The molecule has 8 nitrogen and oxygen atoms in total. The molecule has 0 spiro atoms. The Labute approximate surface area is 122 Å². The van der Waals surface area contributed by atoms with Gasteiger partial charge in [0.25, 0.3) is 0 Å². The Kier molecular flexibility index (Phi) is 4.66. The van der Waals surface area contributed by atoms with Crippen LogP contribution in [0.25, 0.3) is 0 Å². The molecule has 0 radical (unpaired) electrons. The van der Waals surface area contributed by atoms with Gasteiger partial charge >= 0.3 is 18.0 Å². The van der Waals surface area contributed by atoms with Crippen LogP contribution in [0.4, 0.5) is 4.79 Å². The summed E-state index contributed by atoms with van der Waals surface area (Å²) < 4.78 is 4.71. The van der Waals surface area contributed by atoms with Crippen molar-refractivity contribution in [3.63, 3.8) is 0 Å². The third-order valence-electron chi connectivity index (χ3n) is 4.03. The molecule has 21 heavy (non-hydrogen) atoms. The van der Waals surface area contributed by atoms with Gasteiger partial charge in [-0.1, -0.05) is 0 Å². The quantitative estimate of drug-likeness (QED) is 0.675. The number of aliphatic carboxylic acids is 1. The minimum absolute atomic E-state index is 0.0117. The van der Waals surface area contributed by atoms with E-state index >= 15 is 0 Å². The first kappa shape index (κ1) is 15.6. The predicted octanol–water partition coefficient (Wildman–Crippen LogP) is -0.346. The van der Waals surface area contributed by atoms with Crippen molar-refractivity contribution < 1.29 is 29.3 Å². The molecule has 2 aliphatic rings. The molecule has 0 bridgehead atoms. The number of piperidine rings is 1. The summed E-state index contributed by atoms with van der Waals surface area (Å²) in [5.41, 5.74) is 0. The number of methoxy groups -OCH3 is 1. The number of urea groups is 1. The first-order chi connectivity index (χ1) is 9.95. The van der Waals surface area contributed by atoms with Crippen LogP contribution in [0.1, 0.15) is 25.7 Å². The summed E-state index contributed by atoms with van der Waals surface area (Å²) in [6.07, 6.45) is 1.24. The largest absolute Gasteiger partial charge is 0.480 e. The number of carboxylic acids is 1. The standard InChI is InChI=1S/C13H20N2O6/c1-21-12(19)9-4-2-3-5-14(9)13(20)15-7-8(16)6-10(15)11(17)18/h8-10,16H,2-7H2,1H3,(H,17,18)/t8-,9?,10-/m1/s1. The molecular formula is C13H20N2O6. The molecule has 2 aliphatic heterocycles. The summed E-state index contributed by atoms with van der Waals surface area (Å²) in [6.45, 7) is 0.359. The molecule has 0 saturated carbocycles. The van der Waals surface area contributed by atoms with Gasteiger partial charge in [0.2, 0.25) is 0 Å². The zero-order valence-corrected chi connectivity index (χ0v) is 11.9. The van der Waals surface area contributed by atoms with Crippen molar-refractivity contribution in [3.8, 4) is 0 Å².